The molecule has 0 spiro atoms. The van der Waals surface area contributed by atoms with Crippen LogP contribution in [0.3, 0.4) is 0 Å². The zero-order valence-corrected chi connectivity index (χ0v) is 17.7. The fourth-order valence-corrected chi connectivity index (χ4v) is 3.81. The number of carbonyl (C=O) groups excluding carboxylic acids is 1. The van der Waals surface area contributed by atoms with Gasteiger partial charge in [0, 0.05) is 24.3 Å². The van der Waals surface area contributed by atoms with Crippen LogP contribution in [0.15, 0.2) is 54.6 Å². The highest BCUT2D eigenvalue weighted by atomic mass is 35.5. The lowest BCUT2D eigenvalue weighted by Gasteiger charge is -2.20. The van der Waals surface area contributed by atoms with Gasteiger partial charge < -0.3 is 15.5 Å². The maximum Gasteiger partial charge on any atom is 0.323 e. The molecule has 0 saturated carbocycles. The Labute approximate surface area is 185 Å². The van der Waals surface area contributed by atoms with E-state index in [9.17, 15) is 9.18 Å². The summed E-state index contributed by atoms with van der Waals surface area (Å²) < 4.78 is 13.9. The summed E-state index contributed by atoms with van der Waals surface area (Å²) >= 11 is 5.96. The van der Waals surface area contributed by atoms with E-state index in [1.807, 2.05) is 24.3 Å². The summed E-state index contributed by atoms with van der Waals surface area (Å²) in [6.45, 7) is 2.02. The third-order valence-corrected chi connectivity index (χ3v) is 5.51. The third-order valence-electron chi connectivity index (χ3n) is 5.20. The van der Waals surface area contributed by atoms with Crippen LogP contribution in [-0.2, 0) is 0 Å². The van der Waals surface area contributed by atoms with Crippen LogP contribution in [0, 0.1) is 5.82 Å². The number of para-hydroxylation sites is 1. The highest BCUT2D eigenvalue weighted by Gasteiger charge is 2.13. The molecule has 31 heavy (non-hydrogen) atoms. The van der Waals surface area contributed by atoms with Gasteiger partial charge in [-0.15, -0.1) is 10.2 Å². The van der Waals surface area contributed by atoms with E-state index in [2.05, 4.69) is 25.7 Å². The number of nitrogens with zero attached hydrogens (tertiary/aromatic N) is 3. The van der Waals surface area contributed by atoms with Gasteiger partial charge in [0.2, 0.25) is 0 Å². The molecule has 2 amide bonds. The van der Waals surface area contributed by atoms with E-state index in [-0.39, 0.29) is 10.7 Å². The Hall–Kier alpha value is -3.19. The van der Waals surface area contributed by atoms with Gasteiger partial charge in [-0.1, -0.05) is 42.6 Å². The summed E-state index contributed by atoms with van der Waals surface area (Å²) in [7, 11) is 0. The van der Waals surface area contributed by atoms with E-state index in [0.29, 0.717) is 11.4 Å². The largest absolute Gasteiger partial charge is 0.355 e. The number of halogens is 2. The number of benzene rings is 2. The van der Waals surface area contributed by atoms with E-state index in [1.54, 1.807) is 12.1 Å². The molecule has 0 aliphatic carbocycles. The Morgan fingerprint density at radius 2 is 1.71 bits per heavy atom. The molecule has 4 rings (SSSR count). The van der Waals surface area contributed by atoms with Crippen LogP contribution < -0.4 is 15.5 Å². The lowest BCUT2D eigenvalue weighted by molar-refractivity contribution is 0.262. The molecule has 2 heterocycles. The van der Waals surface area contributed by atoms with Crippen molar-refractivity contribution in [2.45, 2.75) is 25.7 Å². The van der Waals surface area contributed by atoms with Crippen molar-refractivity contribution in [2.24, 2.45) is 0 Å². The Balaban J connectivity index is 1.45. The topological polar surface area (TPSA) is 70.2 Å². The first-order valence-corrected chi connectivity index (χ1v) is 10.7. The zero-order chi connectivity index (χ0) is 21.6. The van der Waals surface area contributed by atoms with E-state index in [4.69, 9.17) is 11.6 Å². The maximum atomic E-state index is 13.9. The first kappa shape index (κ1) is 21.1. The number of carbonyl (C=O) groups is 1. The summed E-state index contributed by atoms with van der Waals surface area (Å²) in [6, 6.07) is 14.8. The normalized spacial score (nSPS) is 14.1. The van der Waals surface area contributed by atoms with Crippen LogP contribution in [0.1, 0.15) is 25.7 Å². The van der Waals surface area contributed by atoms with Crippen molar-refractivity contribution in [1.82, 2.24) is 10.2 Å². The van der Waals surface area contributed by atoms with E-state index in [0.717, 1.165) is 24.5 Å². The van der Waals surface area contributed by atoms with Crippen molar-refractivity contribution < 1.29 is 9.18 Å². The summed E-state index contributed by atoms with van der Waals surface area (Å²) in [5.41, 5.74) is 2.00. The molecule has 8 heteroatoms. The molecule has 6 nitrogen and oxygen atoms in total. The third kappa shape index (κ3) is 5.30. The van der Waals surface area contributed by atoms with Crippen LogP contribution in [0.25, 0.3) is 11.3 Å². The number of urea groups is 1. The minimum absolute atomic E-state index is 0.0622. The number of hydrogen-bond donors (Lipinski definition) is 2. The number of aromatic nitrogens is 2. The van der Waals surface area contributed by atoms with E-state index >= 15 is 0 Å². The monoisotopic (exact) mass is 439 g/mol. The van der Waals surface area contributed by atoms with Gasteiger partial charge in [0.25, 0.3) is 0 Å². The molecule has 1 fully saturated rings. The predicted molar refractivity (Wildman–Crippen MR) is 122 cm³/mol. The van der Waals surface area contributed by atoms with Crippen molar-refractivity contribution >= 4 is 34.8 Å². The highest BCUT2D eigenvalue weighted by molar-refractivity contribution is 6.33. The van der Waals surface area contributed by atoms with Crippen LogP contribution in [0.2, 0.25) is 5.02 Å². The number of hydrogen-bond acceptors (Lipinski definition) is 4. The van der Waals surface area contributed by atoms with Gasteiger partial charge in [-0.2, -0.15) is 0 Å². The molecule has 2 aromatic carbocycles. The smallest absolute Gasteiger partial charge is 0.323 e. The second kappa shape index (κ2) is 9.75. The van der Waals surface area contributed by atoms with Gasteiger partial charge in [0.1, 0.15) is 5.82 Å². The van der Waals surface area contributed by atoms with E-state index in [1.165, 1.54) is 43.9 Å². The quantitative estimate of drug-likeness (QED) is 0.526. The minimum atomic E-state index is -0.601. The molecule has 0 radical (unpaired) electrons. The summed E-state index contributed by atoms with van der Waals surface area (Å²) in [5, 5.41) is 14.1. The highest BCUT2D eigenvalue weighted by Crippen LogP contribution is 2.26. The zero-order valence-electron chi connectivity index (χ0n) is 16.9. The van der Waals surface area contributed by atoms with Crippen molar-refractivity contribution in [1.29, 1.82) is 0 Å². The molecule has 0 bridgehead atoms. The van der Waals surface area contributed by atoms with E-state index < -0.39 is 11.8 Å². The van der Waals surface area contributed by atoms with Crippen LogP contribution in [-0.4, -0.2) is 29.3 Å². The lowest BCUT2D eigenvalue weighted by atomic mass is 10.1. The Bertz CT molecular complexity index is 1030. The van der Waals surface area contributed by atoms with Crippen molar-refractivity contribution in [3.8, 4) is 11.3 Å². The van der Waals surface area contributed by atoms with Gasteiger partial charge in [0.15, 0.2) is 5.82 Å². The van der Waals surface area contributed by atoms with Gasteiger partial charge in [-0.3, -0.25) is 0 Å². The molecule has 0 atom stereocenters. The molecule has 2 N–H and O–H groups in total. The first-order valence-electron chi connectivity index (χ1n) is 10.3. The van der Waals surface area contributed by atoms with Gasteiger partial charge in [-0.05, 0) is 49.2 Å². The van der Waals surface area contributed by atoms with Crippen LogP contribution in [0.4, 0.5) is 26.4 Å². The fourth-order valence-electron chi connectivity index (χ4n) is 3.60. The molecular weight excluding hydrogens is 417 g/mol. The number of amides is 2. The van der Waals surface area contributed by atoms with Crippen LogP contribution >= 0.6 is 11.6 Å². The Morgan fingerprint density at radius 1 is 0.935 bits per heavy atom. The Kier molecular flexibility index (Phi) is 6.62. The van der Waals surface area contributed by atoms with Crippen molar-refractivity contribution in [2.75, 3.05) is 28.6 Å². The first-order chi connectivity index (χ1) is 15.1. The average Bonchev–Trinajstić information content (AvgIpc) is 3.06. The molecular formula is C23H23ClFN5O. The molecule has 160 valence electrons. The molecule has 1 saturated heterocycles. The Morgan fingerprint density at radius 3 is 2.42 bits per heavy atom. The average molecular weight is 440 g/mol. The summed E-state index contributed by atoms with van der Waals surface area (Å²) in [6.07, 6.45) is 4.88. The second-order valence-electron chi connectivity index (χ2n) is 7.43. The molecule has 3 aromatic rings. The fraction of sp³-hybridized carbons (Fsp3) is 0.261. The van der Waals surface area contributed by atoms with Crippen LogP contribution in [0.5, 0.6) is 0 Å². The summed E-state index contributed by atoms with van der Waals surface area (Å²) in [4.78, 5) is 14.6. The second-order valence-corrected chi connectivity index (χ2v) is 7.84. The number of anilines is 3. The number of rotatable bonds is 4. The summed E-state index contributed by atoms with van der Waals surface area (Å²) in [5.74, 6) is 0.289. The van der Waals surface area contributed by atoms with Gasteiger partial charge in [0.05, 0.1) is 16.4 Å². The minimum Gasteiger partial charge on any atom is -0.355 e. The standard InChI is InChI=1S/C23H23ClFN5O/c24-18-9-6-10-19(25)22(18)27-23(31)26-17-8-5-7-16(15-17)20-11-12-21(29-28-20)30-13-3-1-2-4-14-30/h5-12,15H,1-4,13-14H2,(H2,26,27,31). The molecule has 1 aliphatic rings. The number of nitrogens with one attached hydrogen (secondary N) is 2. The van der Waals surface area contributed by atoms with Crippen molar-refractivity contribution in [3.63, 3.8) is 0 Å². The van der Waals surface area contributed by atoms with Gasteiger partial charge >= 0.3 is 6.03 Å². The predicted octanol–water partition coefficient (Wildman–Crippen LogP) is 5.96. The van der Waals surface area contributed by atoms with Crippen molar-refractivity contribution in [3.05, 3.63) is 65.4 Å². The maximum absolute atomic E-state index is 13.9. The molecule has 1 aliphatic heterocycles. The van der Waals surface area contributed by atoms with Gasteiger partial charge in [-0.25, -0.2) is 9.18 Å². The molecule has 1 aromatic heterocycles. The lowest BCUT2D eigenvalue weighted by Crippen LogP contribution is -2.25. The SMILES string of the molecule is O=C(Nc1cccc(-c2ccc(N3CCCCCC3)nn2)c1)Nc1c(F)cccc1Cl. The molecule has 0 unspecified atom stereocenters.